The first-order valence-electron chi connectivity index (χ1n) is 10.0. The maximum absolute atomic E-state index is 12.5. The van der Waals surface area contributed by atoms with Gasteiger partial charge in [0, 0.05) is 26.1 Å². The van der Waals surface area contributed by atoms with Crippen LogP contribution in [0.5, 0.6) is 5.75 Å². The molecular formula is C22H36O4Si2. The quantitative estimate of drug-likeness (QED) is 0.298. The predicted molar refractivity (Wildman–Crippen MR) is 123 cm³/mol. The van der Waals surface area contributed by atoms with Crippen molar-refractivity contribution < 1.29 is 13.6 Å². The summed E-state index contributed by atoms with van der Waals surface area (Å²) in [6.07, 6.45) is 0. The Morgan fingerprint density at radius 1 is 1.07 bits per heavy atom. The minimum absolute atomic E-state index is 0.107. The molecule has 0 amide bonds. The van der Waals surface area contributed by atoms with Crippen molar-refractivity contribution in [1.82, 2.24) is 0 Å². The SMILES string of the molecule is Cc1c(COCC[Si](C)(C)C)c(=O)oc2cc(O[Si](C)(C)C(C)(C)C)ccc12. The third-order valence-corrected chi connectivity index (χ3v) is 11.7. The number of rotatable bonds is 7. The predicted octanol–water partition coefficient (Wildman–Crippen LogP) is 6.34. The zero-order valence-corrected chi connectivity index (χ0v) is 21.0. The second kappa shape index (κ2) is 8.16. The lowest BCUT2D eigenvalue weighted by atomic mass is 10.1. The highest BCUT2D eigenvalue weighted by Gasteiger charge is 2.39. The summed E-state index contributed by atoms with van der Waals surface area (Å²) in [5.74, 6) is 0.765. The van der Waals surface area contributed by atoms with Gasteiger partial charge in [0.05, 0.1) is 12.2 Å². The number of fused-ring (bicyclic) bond motifs is 1. The van der Waals surface area contributed by atoms with E-state index in [0.29, 0.717) is 24.4 Å². The summed E-state index contributed by atoms with van der Waals surface area (Å²) >= 11 is 0. The summed E-state index contributed by atoms with van der Waals surface area (Å²) in [4.78, 5) is 12.5. The number of benzene rings is 1. The van der Waals surface area contributed by atoms with Crippen LogP contribution < -0.4 is 10.1 Å². The number of aryl methyl sites for hydroxylation is 1. The Hall–Kier alpha value is -1.38. The van der Waals surface area contributed by atoms with E-state index in [-0.39, 0.29) is 10.7 Å². The van der Waals surface area contributed by atoms with Crippen LogP contribution in [0.2, 0.25) is 43.8 Å². The largest absolute Gasteiger partial charge is 0.543 e. The first-order chi connectivity index (χ1) is 12.7. The van der Waals surface area contributed by atoms with Crippen molar-refractivity contribution in [2.24, 2.45) is 0 Å². The van der Waals surface area contributed by atoms with Crippen LogP contribution in [0.25, 0.3) is 11.0 Å². The van der Waals surface area contributed by atoms with Gasteiger partial charge in [-0.3, -0.25) is 0 Å². The lowest BCUT2D eigenvalue weighted by molar-refractivity contribution is 0.130. The average molecular weight is 421 g/mol. The van der Waals surface area contributed by atoms with Gasteiger partial charge in [-0.2, -0.15) is 0 Å². The van der Waals surface area contributed by atoms with Gasteiger partial charge in [-0.05, 0) is 48.8 Å². The fourth-order valence-electron chi connectivity index (χ4n) is 2.61. The molecule has 0 aliphatic carbocycles. The lowest BCUT2D eigenvalue weighted by Gasteiger charge is -2.36. The van der Waals surface area contributed by atoms with Crippen molar-refractivity contribution in [3.8, 4) is 5.75 Å². The van der Waals surface area contributed by atoms with Gasteiger partial charge < -0.3 is 13.6 Å². The van der Waals surface area contributed by atoms with E-state index in [9.17, 15) is 4.79 Å². The molecule has 0 radical (unpaired) electrons. The molecule has 0 aliphatic heterocycles. The maximum Gasteiger partial charge on any atom is 0.342 e. The van der Waals surface area contributed by atoms with E-state index < -0.39 is 16.4 Å². The van der Waals surface area contributed by atoms with Crippen molar-refractivity contribution in [3.05, 3.63) is 39.7 Å². The number of hydrogen-bond donors (Lipinski definition) is 0. The minimum atomic E-state index is -1.95. The summed E-state index contributed by atoms with van der Waals surface area (Å²) in [6, 6.07) is 6.90. The van der Waals surface area contributed by atoms with Crippen LogP contribution in [0.3, 0.4) is 0 Å². The molecule has 2 aromatic rings. The van der Waals surface area contributed by atoms with Gasteiger partial charge in [-0.15, -0.1) is 0 Å². The maximum atomic E-state index is 12.5. The molecular weight excluding hydrogens is 384 g/mol. The van der Waals surface area contributed by atoms with Crippen LogP contribution in [0.1, 0.15) is 31.9 Å². The van der Waals surface area contributed by atoms with Gasteiger partial charge in [-0.1, -0.05) is 40.4 Å². The molecule has 0 bridgehead atoms. The van der Waals surface area contributed by atoms with E-state index in [0.717, 1.165) is 22.7 Å². The molecule has 0 fully saturated rings. The summed E-state index contributed by atoms with van der Waals surface area (Å²) in [7, 11) is -3.09. The summed E-state index contributed by atoms with van der Waals surface area (Å²) in [5.41, 5.74) is 1.80. The summed E-state index contributed by atoms with van der Waals surface area (Å²) in [6.45, 7) is 20.9. The molecule has 0 N–H and O–H groups in total. The Labute approximate surface area is 171 Å². The zero-order valence-electron chi connectivity index (χ0n) is 19.0. The molecule has 1 aromatic carbocycles. The molecule has 6 heteroatoms. The second-order valence-corrected chi connectivity index (χ2v) is 20.7. The fraction of sp³-hybridized carbons (Fsp3) is 0.591. The first kappa shape index (κ1) is 22.9. The molecule has 4 nitrogen and oxygen atoms in total. The molecule has 0 unspecified atom stereocenters. The van der Waals surface area contributed by atoms with E-state index in [1.165, 1.54) is 0 Å². The average Bonchev–Trinajstić information content (AvgIpc) is 2.51. The third-order valence-electron chi connectivity index (χ3n) is 5.68. The molecule has 1 heterocycles. The lowest BCUT2D eigenvalue weighted by Crippen LogP contribution is -2.43. The molecule has 1 aromatic heterocycles. The molecule has 156 valence electrons. The molecule has 0 saturated carbocycles. The molecule has 0 atom stereocenters. The molecule has 0 spiro atoms. The smallest absolute Gasteiger partial charge is 0.342 e. The van der Waals surface area contributed by atoms with Crippen molar-refractivity contribution in [1.29, 1.82) is 0 Å². The fourth-order valence-corrected chi connectivity index (χ4v) is 4.38. The van der Waals surface area contributed by atoms with Crippen LogP contribution in [0, 0.1) is 6.92 Å². The van der Waals surface area contributed by atoms with E-state index in [1.54, 1.807) is 0 Å². The molecule has 2 rings (SSSR count). The zero-order chi connectivity index (χ0) is 21.3. The van der Waals surface area contributed by atoms with Gasteiger partial charge in [0.1, 0.15) is 11.3 Å². The van der Waals surface area contributed by atoms with Crippen molar-refractivity contribution >= 4 is 27.4 Å². The Balaban J connectivity index is 2.26. The Bertz CT molecular complexity index is 886. The number of hydrogen-bond acceptors (Lipinski definition) is 4. The Morgan fingerprint density at radius 3 is 2.29 bits per heavy atom. The summed E-state index contributed by atoms with van der Waals surface area (Å²) < 4.78 is 17.8. The second-order valence-electron chi connectivity index (χ2n) is 10.4. The van der Waals surface area contributed by atoms with Crippen LogP contribution in [-0.4, -0.2) is 23.0 Å². The monoisotopic (exact) mass is 420 g/mol. The van der Waals surface area contributed by atoms with Gasteiger partial charge in [0.15, 0.2) is 0 Å². The highest BCUT2D eigenvalue weighted by molar-refractivity contribution is 6.76. The van der Waals surface area contributed by atoms with Crippen LogP contribution in [0.15, 0.2) is 27.4 Å². The molecule has 0 aliphatic rings. The summed E-state index contributed by atoms with van der Waals surface area (Å²) in [5, 5.41) is 1.04. The highest BCUT2D eigenvalue weighted by atomic mass is 28.4. The third kappa shape index (κ3) is 5.58. The van der Waals surface area contributed by atoms with Crippen LogP contribution in [0.4, 0.5) is 0 Å². The topological polar surface area (TPSA) is 48.7 Å². The molecule has 0 saturated heterocycles. The van der Waals surface area contributed by atoms with Crippen LogP contribution in [-0.2, 0) is 11.3 Å². The van der Waals surface area contributed by atoms with E-state index in [2.05, 4.69) is 53.5 Å². The van der Waals surface area contributed by atoms with Gasteiger partial charge in [0.2, 0.25) is 8.32 Å². The van der Waals surface area contributed by atoms with E-state index in [4.69, 9.17) is 13.6 Å². The van der Waals surface area contributed by atoms with E-state index in [1.807, 2.05) is 25.1 Å². The van der Waals surface area contributed by atoms with Gasteiger partial charge >= 0.3 is 5.63 Å². The highest BCUT2D eigenvalue weighted by Crippen LogP contribution is 2.38. The minimum Gasteiger partial charge on any atom is -0.543 e. The molecule has 28 heavy (non-hydrogen) atoms. The first-order valence-corrected chi connectivity index (χ1v) is 16.7. The Kier molecular flexibility index (Phi) is 6.68. The van der Waals surface area contributed by atoms with Crippen LogP contribution >= 0.6 is 0 Å². The van der Waals surface area contributed by atoms with Crippen molar-refractivity contribution in [3.63, 3.8) is 0 Å². The van der Waals surface area contributed by atoms with Crippen molar-refractivity contribution in [2.75, 3.05) is 6.61 Å². The van der Waals surface area contributed by atoms with Gasteiger partial charge in [0.25, 0.3) is 0 Å². The Morgan fingerprint density at radius 2 is 1.71 bits per heavy atom. The standard InChI is InChI=1S/C22H36O4Si2/c1-16-18-11-10-17(26-28(8,9)22(2,3)4)14-20(18)25-21(23)19(16)15-24-12-13-27(5,6)7/h10-11,14H,12-13,15H2,1-9H3. The van der Waals surface area contributed by atoms with E-state index >= 15 is 0 Å². The normalized spacial score (nSPS) is 13.2. The van der Waals surface area contributed by atoms with Crippen molar-refractivity contribution in [2.45, 2.75) is 78.1 Å². The van der Waals surface area contributed by atoms with Gasteiger partial charge in [-0.25, -0.2) is 4.79 Å². The number of ether oxygens (including phenoxy) is 1.